The second-order valence-electron chi connectivity index (χ2n) is 4.96. The minimum absolute atomic E-state index is 0.274. The summed E-state index contributed by atoms with van der Waals surface area (Å²) in [6, 6.07) is 7.00. The maximum absolute atomic E-state index is 12.1. The summed E-state index contributed by atoms with van der Waals surface area (Å²) in [5.41, 5.74) is 1.88. The largest absolute Gasteiger partial charge is 0.463 e. The predicted octanol–water partition coefficient (Wildman–Crippen LogP) is 2.77. The summed E-state index contributed by atoms with van der Waals surface area (Å²) in [7, 11) is 0. The van der Waals surface area contributed by atoms with E-state index in [0.29, 0.717) is 23.2 Å². The predicted molar refractivity (Wildman–Crippen MR) is 76.9 cm³/mol. The standard InChI is InChI=1S/C14H15N5O2/c1-8(2)9-7-13(19-16-9)15-14(20)11-6-10(17-18-11)12-4-3-5-21-12/h3-8H,1-2H3,(H,17,18)(H2,15,16,19,20). The fourth-order valence-corrected chi connectivity index (χ4v) is 1.87. The van der Waals surface area contributed by atoms with Crippen LogP contribution in [0.4, 0.5) is 5.82 Å². The van der Waals surface area contributed by atoms with Crippen LogP contribution in [0.3, 0.4) is 0 Å². The molecule has 0 spiro atoms. The molecular weight excluding hydrogens is 270 g/mol. The van der Waals surface area contributed by atoms with Crippen LogP contribution >= 0.6 is 0 Å². The summed E-state index contributed by atoms with van der Waals surface area (Å²) < 4.78 is 5.24. The normalized spacial score (nSPS) is 11.0. The lowest BCUT2D eigenvalue weighted by molar-refractivity contribution is 0.102. The summed E-state index contributed by atoms with van der Waals surface area (Å²) in [5, 5.41) is 16.4. The van der Waals surface area contributed by atoms with E-state index in [1.807, 2.05) is 19.9 Å². The van der Waals surface area contributed by atoms with Gasteiger partial charge in [-0.25, -0.2) is 0 Å². The number of rotatable bonds is 4. The third-order valence-electron chi connectivity index (χ3n) is 3.06. The Balaban J connectivity index is 1.73. The molecule has 0 aliphatic carbocycles. The Kier molecular flexibility index (Phi) is 3.31. The lowest BCUT2D eigenvalue weighted by Crippen LogP contribution is -2.12. The van der Waals surface area contributed by atoms with Crippen LogP contribution in [0, 0.1) is 0 Å². The van der Waals surface area contributed by atoms with Gasteiger partial charge in [0.05, 0.1) is 6.26 Å². The lowest BCUT2D eigenvalue weighted by Gasteiger charge is -1.98. The molecule has 3 heterocycles. The maximum atomic E-state index is 12.1. The SMILES string of the molecule is CC(C)c1cc(NC(=O)c2cc(-c3ccco3)[nH]n2)n[nH]1. The molecule has 7 heteroatoms. The summed E-state index contributed by atoms with van der Waals surface area (Å²) in [4.78, 5) is 12.1. The van der Waals surface area contributed by atoms with Crippen molar-refractivity contribution in [2.45, 2.75) is 19.8 Å². The number of aromatic nitrogens is 4. The van der Waals surface area contributed by atoms with Crippen LogP contribution in [0.15, 0.2) is 34.9 Å². The molecule has 0 radical (unpaired) electrons. The Morgan fingerprint density at radius 1 is 1.29 bits per heavy atom. The smallest absolute Gasteiger partial charge is 0.277 e. The van der Waals surface area contributed by atoms with Crippen LogP contribution in [-0.2, 0) is 0 Å². The molecule has 1 amide bonds. The van der Waals surface area contributed by atoms with E-state index in [1.54, 1.807) is 24.5 Å². The summed E-state index contributed by atoms with van der Waals surface area (Å²) in [5.74, 6) is 1.10. The van der Waals surface area contributed by atoms with Crippen molar-refractivity contribution in [2.75, 3.05) is 5.32 Å². The number of nitrogens with zero attached hydrogens (tertiary/aromatic N) is 2. The lowest BCUT2D eigenvalue weighted by atomic mass is 10.1. The molecule has 0 bridgehead atoms. The summed E-state index contributed by atoms with van der Waals surface area (Å²) in [6.45, 7) is 4.09. The van der Waals surface area contributed by atoms with E-state index in [2.05, 4.69) is 25.7 Å². The molecule has 3 N–H and O–H groups in total. The quantitative estimate of drug-likeness (QED) is 0.686. The molecule has 0 saturated carbocycles. The van der Waals surface area contributed by atoms with Crippen molar-refractivity contribution >= 4 is 11.7 Å². The summed E-state index contributed by atoms with van der Waals surface area (Å²) >= 11 is 0. The second kappa shape index (κ2) is 5.28. The first kappa shape index (κ1) is 13.2. The van der Waals surface area contributed by atoms with E-state index < -0.39 is 0 Å². The second-order valence-corrected chi connectivity index (χ2v) is 4.96. The fourth-order valence-electron chi connectivity index (χ4n) is 1.87. The zero-order valence-corrected chi connectivity index (χ0v) is 11.7. The van der Waals surface area contributed by atoms with E-state index in [4.69, 9.17) is 4.42 Å². The molecular formula is C14H15N5O2. The summed E-state index contributed by atoms with van der Waals surface area (Å²) in [6.07, 6.45) is 1.56. The van der Waals surface area contributed by atoms with Crippen LogP contribution in [-0.4, -0.2) is 26.3 Å². The van der Waals surface area contributed by atoms with Crippen molar-refractivity contribution in [3.8, 4) is 11.5 Å². The number of furan rings is 1. The van der Waals surface area contributed by atoms with Crippen LogP contribution in [0.2, 0.25) is 0 Å². The van der Waals surface area contributed by atoms with Gasteiger partial charge in [0, 0.05) is 17.8 Å². The number of nitrogens with one attached hydrogen (secondary N) is 3. The van der Waals surface area contributed by atoms with Crippen LogP contribution < -0.4 is 5.32 Å². The van der Waals surface area contributed by atoms with Gasteiger partial charge in [0.25, 0.3) is 5.91 Å². The van der Waals surface area contributed by atoms with Gasteiger partial charge in [0.15, 0.2) is 17.3 Å². The zero-order valence-electron chi connectivity index (χ0n) is 11.7. The molecule has 21 heavy (non-hydrogen) atoms. The van der Waals surface area contributed by atoms with Crippen LogP contribution in [0.25, 0.3) is 11.5 Å². The van der Waals surface area contributed by atoms with Gasteiger partial charge < -0.3 is 9.73 Å². The number of hydrogen-bond acceptors (Lipinski definition) is 4. The van der Waals surface area contributed by atoms with E-state index in [1.165, 1.54) is 0 Å². The number of carbonyl (C=O) groups is 1. The maximum Gasteiger partial charge on any atom is 0.277 e. The highest BCUT2D eigenvalue weighted by molar-refractivity contribution is 6.02. The highest BCUT2D eigenvalue weighted by atomic mass is 16.3. The first-order valence-corrected chi connectivity index (χ1v) is 6.59. The molecule has 0 fully saturated rings. The van der Waals surface area contributed by atoms with Gasteiger partial charge in [-0.2, -0.15) is 10.2 Å². The number of aromatic amines is 2. The first-order chi connectivity index (χ1) is 10.1. The van der Waals surface area contributed by atoms with Gasteiger partial charge in [-0.1, -0.05) is 13.8 Å². The van der Waals surface area contributed by atoms with E-state index in [-0.39, 0.29) is 11.6 Å². The molecule has 7 nitrogen and oxygen atoms in total. The van der Waals surface area contributed by atoms with Crippen molar-refractivity contribution < 1.29 is 9.21 Å². The van der Waals surface area contributed by atoms with E-state index in [0.717, 1.165) is 5.69 Å². The number of H-pyrrole nitrogens is 2. The third kappa shape index (κ3) is 2.71. The van der Waals surface area contributed by atoms with E-state index >= 15 is 0 Å². The number of carbonyl (C=O) groups excluding carboxylic acids is 1. The number of hydrogen-bond donors (Lipinski definition) is 3. The van der Waals surface area contributed by atoms with Crippen molar-refractivity contribution in [1.29, 1.82) is 0 Å². The Hall–Kier alpha value is -2.83. The number of amides is 1. The van der Waals surface area contributed by atoms with Gasteiger partial charge in [-0.05, 0) is 18.1 Å². The van der Waals surface area contributed by atoms with Crippen molar-refractivity contribution in [2.24, 2.45) is 0 Å². The monoisotopic (exact) mass is 285 g/mol. The minimum Gasteiger partial charge on any atom is -0.463 e. The zero-order chi connectivity index (χ0) is 14.8. The minimum atomic E-state index is -0.328. The van der Waals surface area contributed by atoms with Crippen molar-refractivity contribution in [3.63, 3.8) is 0 Å². The highest BCUT2D eigenvalue weighted by Gasteiger charge is 2.14. The molecule has 0 saturated heterocycles. The molecule has 3 aromatic heterocycles. The van der Waals surface area contributed by atoms with Gasteiger partial charge in [0.2, 0.25) is 0 Å². The third-order valence-corrected chi connectivity index (χ3v) is 3.06. The van der Waals surface area contributed by atoms with Gasteiger partial charge >= 0.3 is 0 Å². The van der Waals surface area contributed by atoms with Crippen LogP contribution in [0.1, 0.15) is 35.9 Å². The fraction of sp³-hybridized carbons (Fsp3) is 0.214. The van der Waals surface area contributed by atoms with Gasteiger partial charge in [-0.3, -0.25) is 15.0 Å². The van der Waals surface area contributed by atoms with E-state index in [9.17, 15) is 4.79 Å². The van der Waals surface area contributed by atoms with Gasteiger partial charge in [0.1, 0.15) is 5.69 Å². The highest BCUT2D eigenvalue weighted by Crippen LogP contribution is 2.19. The molecule has 0 unspecified atom stereocenters. The average Bonchev–Trinajstić information content (AvgIpc) is 3.19. The Morgan fingerprint density at radius 3 is 2.81 bits per heavy atom. The van der Waals surface area contributed by atoms with Crippen LogP contribution in [0.5, 0.6) is 0 Å². The first-order valence-electron chi connectivity index (χ1n) is 6.59. The van der Waals surface area contributed by atoms with Gasteiger partial charge in [-0.15, -0.1) is 0 Å². The molecule has 108 valence electrons. The Morgan fingerprint density at radius 2 is 2.14 bits per heavy atom. The number of anilines is 1. The molecule has 0 aromatic carbocycles. The molecule has 3 rings (SSSR count). The average molecular weight is 285 g/mol. The molecule has 0 aliphatic rings. The Bertz CT molecular complexity index is 739. The Labute approximate surface area is 120 Å². The molecule has 3 aromatic rings. The molecule has 0 aliphatic heterocycles. The van der Waals surface area contributed by atoms with Crippen molar-refractivity contribution in [3.05, 3.63) is 41.9 Å². The topological polar surface area (TPSA) is 99.6 Å². The van der Waals surface area contributed by atoms with Crippen molar-refractivity contribution in [1.82, 2.24) is 20.4 Å². The molecule has 0 atom stereocenters.